The highest BCUT2D eigenvalue weighted by atomic mass is 79.9. The lowest BCUT2D eigenvalue weighted by atomic mass is 9.83. The van der Waals surface area contributed by atoms with Gasteiger partial charge < -0.3 is 4.90 Å². The molecule has 0 saturated carbocycles. The van der Waals surface area contributed by atoms with Crippen molar-refractivity contribution in [1.29, 1.82) is 0 Å². The van der Waals surface area contributed by atoms with E-state index in [0.717, 1.165) is 6.42 Å². The summed E-state index contributed by atoms with van der Waals surface area (Å²) in [5, 5.41) is 0. The molecule has 4 heteroatoms. The summed E-state index contributed by atoms with van der Waals surface area (Å²) in [6, 6.07) is 4.56. The largest absolute Gasteiger partial charge is 0.335 e. The molecule has 1 aliphatic rings. The zero-order chi connectivity index (χ0) is 14.9. The number of halogens is 2. The highest BCUT2D eigenvalue weighted by Crippen LogP contribution is 2.31. The van der Waals surface area contributed by atoms with E-state index >= 15 is 0 Å². The minimum atomic E-state index is -0.404. The molecule has 20 heavy (non-hydrogen) atoms. The van der Waals surface area contributed by atoms with Gasteiger partial charge in [0.1, 0.15) is 5.82 Å². The second kappa shape index (κ2) is 5.68. The fourth-order valence-corrected chi connectivity index (χ4v) is 2.81. The molecule has 0 unspecified atom stereocenters. The summed E-state index contributed by atoms with van der Waals surface area (Å²) in [6.45, 7) is 7.82. The molecule has 2 rings (SSSR count). The van der Waals surface area contributed by atoms with Crippen LogP contribution in [0.3, 0.4) is 0 Å². The highest BCUT2D eigenvalue weighted by molar-refractivity contribution is 9.10. The van der Waals surface area contributed by atoms with Crippen molar-refractivity contribution >= 4 is 21.8 Å². The summed E-state index contributed by atoms with van der Waals surface area (Å²) in [5.74, 6) is -0.528. The van der Waals surface area contributed by atoms with E-state index in [2.05, 4.69) is 42.8 Å². The second-order valence-electron chi connectivity index (χ2n) is 6.08. The normalized spacial score (nSPS) is 16.1. The third-order valence-electron chi connectivity index (χ3n) is 3.64. The number of benzene rings is 1. The fraction of sp³-hybridized carbons (Fsp3) is 0.438. The van der Waals surface area contributed by atoms with Gasteiger partial charge in [-0.25, -0.2) is 4.39 Å². The van der Waals surface area contributed by atoms with E-state index in [1.165, 1.54) is 11.6 Å². The second-order valence-corrected chi connectivity index (χ2v) is 6.87. The molecule has 0 aliphatic carbocycles. The summed E-state index contributed by atoms with van der Waals surface area (Å²) in [7, 11) is 0. The molecular weight excluding hydrogens is 321 g/mol. The molecule has 108 valence electrons. The first kappa shape index (κ1) is 15.2. The molecule has 2 nitrogen and oxygen atoms in total. The minimum absolute atomic E-state index is 0.124. The lowest BCUT2D eigenvalue weighted by Gasteiger charge is -2.32. The van der Waals surface area contributed by atoms with Crippen LogP contribution in [0.15, 0.2) is 34.3 Å². The molecule has 0 fully saturated rings. The first-order valence-corrected chi connectivity index (χ1v) is 7.53. The van der Waals surface area contributed by atoms with Crippen molar-refractivity contribution in [2.24, 2.45) is 5.41 Å². The predicted octanol–water partition coefficient (Wildman–Crippen LogP) is 4.41. The van der Waals surface area contributed by atoms with Gasteiger partial charge in [0.2, 0.25) is 0 Å². The van der Waals surface area contributed by atoms with E-state index in [9.17, 15) is 9.18 Å². The van der Waals surface area contributed by atoms with Crippen LogP contribution in [0.2, 0.25) is 0 Å². The molecule has 1 aromatic rings. The van der Waals surface area contributed by atoms with E-state index in [0.29, 0.717) is 18.7 Å². The van der Waals surface area contributed by atoms with Crippen molar-refractivity contribution in [3.63, 3.8) is 0 Å². The van der Waals surface area contributed by atoms with Crippen LogP contribution in [0.1, 0.15) is 37.6 Å². The Kier molecular flexibility index (Phi) is 4.33. The van der Waals surface area contributed by atoms with Crippen LogP contribution < -0.4 is 0 Å². The first-order valence-electron chi connectivity index (χ1n) is 6.73. The van der Waals surface area contributed by atoms with Crippen LogP contribution in [0.5, 0.6) is 0 Å². The average Bonchev–Trinajstić information content (AvgIpc) is 2.40. The molecule has 0 bridgehead atoms. The molecule has 0 saturated heterocycles. The van der Waals surface area contributed by atoms with Gasteiger partial charge in [-0.1, -0.05) is 38.5 Å². The van der Waals surface area contributed by atoms with Gasteiger partial charge in [0, 0.05) is 13.1 Å². The number of nitrogens with zero attached hydrogens (tertiary/aromatic N) is 1. The van der Waals surface area contributed by atoms with Gasteiger partial charge in [-0.15, -0.1) is 0 Å². The number of carbonyl (C=O) groups is 1. The minimum Gasteiger partial charge on any atom is -0.335 e. The third-order valence-corrected chi connectivity index (χ3v) is 4.45. The van der Waals surface area contributed by atoms with Gasteiger partial charge >= 0.3 is 0 Å². The number of amides is 1. The summed E-state index contributed by atoms with van der Waals surface area (Å²) in [6.07, 6.45) is 3.00. The quantitative estimate of drug-likeness (QED) is 0.694. The predicted molar refractivity (Wildman–Crippen MR) is 82.2 cm³/mol. The van der Waals surface area contributed by atoms with E-state index in [-0.39, 0.29) is 15.8 Å². The number of carbonyl (C=O) groups excluding carboxylic acids is 1. The molecule has 0 atom stereocenters. The fourth-order valence-electron chi connectivity index (χ4n) is 2.37. The van der Waals surface area contributed by atoms with Crippen LogP contribution in [-0.4, -0.2) is 23.9 Å². The van der Waals surface area contributed by atoms with Gasteiger partial charge in [0.25, 0.3) is 5.91 Å². The summed E-state index contributed by atoms with van der Waals surface area (Å²) in [4.78, 5) is 14.2. The lowest BCUT2D eigenvalue weighted by molar-refractivity contribution is 0.0763. The topological polar surface area (TPSA) is 20.3 Å². The monoisotopic (exact) mass is 339 g/mol. The zero-order valence-corrected chi connectivity index (χ0v) is 13.6. The SMILES string of the molecule is CC(C)(C)C1=CCN(C(=O)c2cccc(F)c2Br)CC1. The Balaban J connectivity index is 2.17. The van der Waals surface area contributed by atoms with Crippen LogP contribution in [0, 0.1) is 11.2 Å². The van der Waals surface area contributed by atoms with Gasteiger partial charge in [0.05, 0.1) is 10.0 Å². The molecule has 1 aromatic carbocycles. The Morgan fingerprint density at radius 1 is 1.35 bits per heavy atom. The van der Waals surface area contributed by atoms with Crippen molar-refractivity contribution in [1.82, 2.24) is 4.90 Å². The van der Waals surface area contributed by atoms with Gasteiger partial charge in [-0.3, -0.25) is 4.79 Å². The zero-order valence-electron chi connectivity index (χ0n) is 12.0. The number of hydrogen-bond donors (Lipinski definition) is 0. The Bertz CT molecular complexity index is 560. The Labute approximate surface area is 127 Å². The average molecular weight is 340 g/mol. The summed E-state index contributed by atoms with van der Waals surface area (Å²) in [5.41, 5.74) is 1.91. The third kappa shape index (κ3) is 3.11. The maximum Gasteiger partial charge on any atom is 0.255 e. The maximum atomic E-state index is 13.5. The van der Waals surface area contributed by atoms with Crippen molar-refractivity contribution in [3.8, 4) is 0 Å². The van der Waals surface area contributed by atoms with Gasteiger partial charge in [0.15, 0.2) is 0 Å². The summed E-state index contributed by atoms with van der Waals surface area (Å²) < 4.78 is 13.7. The molecule has 0 N–H and O–H groups in total. The van der Waals surface area contributed by atoms with Crippen molar-refractivity contribution in [2.45, 2.75) is 27.2 Å². The van der Waals surface area contributed by atoms with Crippen LogP contribution >= 0.6 is 15.9 Å². The summed E-state index contributed by atoms with van der Waals surface area (Å²) >= 11 is 3.15. The van der Waals surface area contributed by atoms with Crippen molar-refractivity contribution < 1.29 is 9.18 Å². The van der Waals surface area contributed by atoms with E-state index < -0.39 is 5.82 Å². The molecule has 0 spiro atoms. The molecule has 1 heterocycles. The van der Waals surface area contributed by atoms with E-state index in [1.54, 1.807) is 17.0 Å². The molecule has 1 aliphatic heterocycles. The number of hydrogen-bond acceptors (Lipinski definition) is 1. The van der Waals surface area contributed by atoms with Crippen LogP contribution in [0.25, 0.3) is 0 Å². The molecule has 1 amide bonds. The molecule has 0 radical (unpaired) electrons. The van der Waals surface area contributed by atoms with Crippen LogP contribution in [-0.2, 0) is 0 Å². The number of rotatable bonds is 1. The Hall–Kier alpha value is -1.16. The van der Waals surface area contributed by atoms with Gasteiger partial charge in [-0.2, -0.15) is 0 Å². The first-order chi connectivity index (χ1) is 9.30. The van der Waals surface area contributed by atoms with Gasteiger partial charge in [-0.05, 0) is 39.9 Å². The smallest absolute Gasteiger partial charge is 0.255 e. The van der Waals surface area contributed by atoms with Crippen molar-refractivity contribution in [3.05, 3.63) is 45.7 Å². The molecule has 0 aromatic heterocycles. The molecular formula is C16H19BrFNO. The highest BCUT2D eigenvalue weighted by Gasteiger charge is 2.25. The van der Waals surface area contributed by atoms with E-state index in [1.807, 2.05) is 0 Å². The standard InChI is InChI=1S/C16H19BrFNO/c1-16(2,3)11-7-9-19(10-8-11)15(20)12-5-4-6-13(18)14(12)17/h4-7H,8-10H2,1-3H3. The maximum absolute atomic E-state index is 13.5. The van der Waals surface area contributed by atoms with Crippen molar-refractivity contribution in [2.75, 3.05) is 13.1 Å². The van der Waals surface area contributed by atoms with E-state index in [4.69, 9.17) is 0 Å². The Morgan fingerprint density at radius 3 is 2.60 bits per heavy atom. The van der Waals surface area contributed by atoms with Crippen LogP contribution in [0.4, 0.5) is 4.39 Å². The Morgan fingerprint density at radius 2 is 2.05 bits per heavy atom. The lowest BCUT2D eigenvalue weighted by Crippen LogP contribution is -2.36.